The predicted octanol–water partition coefficient (Wildman–Crippen LogP) is 4.61. The Morgan fingerprint density at radius 2 is 1.91 bits per heavy atom. The van der Waals surface area contributed by atoms with Gasteiger partial charge in [0, 0.05) is 21.5 Å². The predicted molar refractivity (Wildman–Crippen MR) is 93.6 cm³/mol. The number of carbonyl (C=O) groups excluding carboxylic acids is 1. The Morgan fingerprint density at radius 3 is 2.61 bits per heavy atom. The van der Waals surface area contributed by atoms with Crippen molar-refractivity contribution >= 4 is 34.3 Å². The number of aromatic nitrogens is 1. The highest BCUT2D eigenvalue weighted by molar-refractivity contribution is 8.03. The van der Waals surface area contributed by atoms with Crippen LogP contribution in [0.5, 0.6) is 0 Å². The van der Waals surface area contributed by atoms with Crippen molar-refractivity contribution in [3.63, 3.8) is 0 Å². The van der Waals surface area contributed by atoms with Crippen molar-refractivity contribution < 1.29 is 4.79 Å². The number of nitrogens with zero attached hydrogens (tertiary/aromatic N) is 1. The van der Waals surface area contributed by atoms with Crippen LogP contribution in [0.25, 0.3) is 10.9 Å². The number of aryl methyl sites for hydroxylation is 2. The molecule has 0 unspecified atom stereocenters. The minimum absolute atomic E-state index is 0.169. The zero-order valence-electron chi connectivity index (χ0n) is 12.8. The van der Waals surface area contributed by atoms with Crippen molar-refractivity contribution in [2.24, 2.45) is 0 Å². The highest BCUT2D eigenvalue weighted by Gasteiger charge is 2.15. The van der Waals surface area contributed by atoms with E-state index in [-0.39, 0.29) is 5.91 Å². The molecule has 0 aliphatic carbocycles. The number of amides is 1. The largest absolute Gasteiger partial charge is 0.350 e. The summed E-state index contributed by atoms with van der Waals surface area (Å²) in [5.41, 5.74) is 4.33. The Kier molecular flexibility index (Phi) is 4.09. The van der Waals surface area contributed by atoms with Crippen LogP contribution in [0.15, 0.2) is 47.4 Å². The van der Waals surface area contributed by atoms with Crippen LogP contribution < -0.4 is 5.32 Å². The lowest BCUT2D eigenvalue weighted by Crippen LogP contribution is -2.13. The molecule has 2 aromatic carbocycles. The van der Waals surface area contributed by atoms with E-state index in [1.807, 2.05) is 43.5 Å². The van der Waals surface area contributed by atoms with Crippen LogP contribution in [-0.4, -0.2) is 10.9 Å². The van der Waals surface area contributed by atoms with Gasteiger partial charge in [-0.25, -0.2) is 0 Å². The van der Waals surface area contributed by atoms with E-state index < -0.39 is 0 Å². The van der Waals surface area contributed by atoms with Gasteiger partial charge in [0.2, 0.25) is 0 Å². The first-order chi connectivity index (χ1) is 11.1. The van der Waals surface area contributed by atoms with Gasteiger partial charge in [0.05, 0.1) is 0 Å². The second-order valence-electron chi connectivity index (χ2n) is 5.35. The fraction of sp³-hybridized carbons (Fsp3) is 0.111. The fourth-order valence-corrected chi connectivity index (χ4v) is 2.90. The van der Waals surface area contributed by atoms with Crippen molar-refractivity contribution in [3.8, 4) is 5.40 Å². The summed E-state index contributed by atoms with van der Waals surface area (Å²) < 4.78 is 0. The number of nitrogens with one attached hydrogen (secondary N) is 2. The maximum absolute atomic E-state index is 12.5. The van der Waals surface area contributed by atoms with Crippen molar-refractivity contribution in [3.05, 3.63) is 59.3 Å². The molecule has 4 nitrogen and oxygen atoms in total. The van der Waals surface area contributed by atoms with Gasteiger partial charge in [0.1, 0.15) is 11.1 Å². The number of carbonyl (C=O) groups is 1. The molecule has 0 aliphatic heterocycles. The first-order valence-electron chi connectivity index (χ1n) is 7.15. The standard InChI is InChI=1S/C18H15N3OS/c1-11-3-8-16-15(9-11)12(2)17(21-16)18(22)20-13-4-6-14(7-5-13)23-10-19/h3-9,21H,1-2H3,(H,20,22). The summed E-state index contributed by atoms with van der Waals surface area (Å²) in [6, 6.07) is 13.3. The number of thioether (sulfide) groups is 1. The van der Waals surface area contributed by atoms with Crippen LogP contribution in [0.2, 0.25) is 0 Å². The maximum atomic E-state index is 12.5. The molecule has 0 fully saturated rings. The minimum Gasteiger partial charge on any atom is -0.350 e. The first kappa shape index (κ1) is 15.2. The second-order valence-corrected chi connectivity index (χ2v) is 6.20. The number of nitriles is 1. The van der Waals surface area contributed by atoms with E-state index in [0.29, 0.717) is 11.4 Å². The van der Waals surface area contributed by atoms with Gasteiger partial charge in [-0.1, -0.05) is 11.6 Å². The van der Waals surface area contributed by atoms with E-state index in [1.54, 1.807) is 12.1 Å². The molecule has 1 amide bonds. The SMILES string of the molecule is Cc1ccc2[nH]c(C(=O)Nc3ccc(SC#N)cc3)c(C)c2c1. The second kappa shape index (κ2) is 6.19. The van der Waals surface area contributed by atoms with Crippen LogP contribution in [0.4, 0.5) is 5.69 Å². The third-order valence-electron chi connectivity index (χ3n) is 3.72. The summed E-state index contributed by atoms with van der Waals surface area (Å²) in [5.74, 6) is -0.169. The molecule has 23 heavy (non-hydrogen) atoms. The lowest BCUT2D eigenvalue weighted by molar-refractivity contribution is 0.102. The zero-order chi connectivity index (χ0) is 16.4. The number of thiocyanates is 1. The molecule has 0 atom stereocenters. The highest BCUT2D eigenvalue weighted by atomic mass is 32.2. The minimum atomic E-state index is -0.169. The molecule has 3 rings (SSSR count). The number of fused-ring (bicyclic) bond motifs is 1. The molecular weight excluding hydrogens is 306 g/mol. The Bertz CT molecular complexity index is 920. The van der Waals surface area contributed by atoms with Crippen molar-refractivity contribution in [1.29, 1.82) is 5.26 Å². The molecule has 5 heteroatoms. The fourth-order valence-electron chi connectivity index (χ4n) is 2.52. The van der Waals surface area contributed by atoms with E-state index in [0.717, 1.165) is 38.7 Å². The molecule has 0 aliphatic rings. The lowest BCUT2D eigenvalue weighted by Gasteiger charge is -2.05. The van der Waals surface area contributed by atoms with Gasteiger partial charge < -0.3 is 10.3 Å². The lowest BCUT2D eigenvalue weighted by atomic mass is 10.1. The maximum Gasteiger partial charge on any atom is 0.272 e. The number of hydrogen-bond donors (Lipinski definition) is 2. The molecule has 0 bridgehead atoms. The number of rotatable bonds is 3. The average Bonchev–Trinajstić information content (AvgIpc) is 2.86. The monoisotopic (exact) mass is 321 g/mol. The van der Waals surface area contributed by atoms with E-state index in [2.05, 4.69) is 16.4 Å². The Hall–Kier alpha value is -2.71. The van der Waals surface area contributed by atoms with E-state index in [4.69, 9.17) is 5.26 Å². The van der Waals surface area contributed by atoms with Crippen molar-refractivity contribution in [1.82, 2.24) is 4.98 Å². The summed E-state index contributed by atoms with van der Waals surface area (Å²) in [5, 5.41) is 14.6. The van der Waals surface area contributed by atoms with Crippen LogP contribution >= 0.6 is 11.8 Å². The first-order valence-corrected chi connectivity index (χ1v) is 7.96. The van der Waals surface area contributed by atoms with Gasteiger partial charge in [-0.2, -0.15) is 5.26 Å². The smallest absolute Gasteiger partial charge is 0.272 e. The third-order valence-corrected chi connectivity index (χ3v) is 4.32. The van der Waals surface area contributed by atoms with Crippen LogP contribution in [-0.2, 0) is 0 Å². The van der Waals surface area contributed by atoms with Crippen molar-refractivity contribution in [2.45, 2.75) is 18.7 Å². The molecular formula is C18H15N3OS. The van der Waals surface area contributed by atoms with Gasteiger partial charge in [-0.15, -0.1) is 0 Å². The van der Waals surface area contributed by atoms with Crippen molar-refractivity contribution in [2.75, 3.05) is 5.32 Å². The summed E-state index contributed by atoms with van der Waals surface area (Å²) in [6.45, 7) is 3.98. The molecule has 3 aromatic rings. The number of benzene rings is 2. The third kappa shape index (κ3) is 3.08. The Labute approximate surface area is 138 Å². The van der Waals surface area contributed by atoms with E-state index in [9.17, 15) is 4.79 Å². The quantitative estimate of drug-likeness (QED) is 0.547. The van der Waals surface area contributed by atoms with Gasteiger partial charge >= 0.3 is 0 Å². The van der Waals surface area contributed by atoms with Crippen LogP contribution in [0.1, 0.15) is 21.6 Å². The van der Waals surface area contributed by atoms with Gasteiger partial charge in [0.15, 0.2) is 0 Å². The molecule has 1 aromatic heterocycles. The molecule has 0 saturated heterocycles. The van der Waals surface area contributed by atoms with Gasteiger partial charge in [-0.3, -0.25) is 4.79 Å². The normalized spacial score (nSPS) is 10.5. The number of aromatic amines is 1. The topological polar surface area (TPSA) is 68.7 Å². The number of hydrogen-bond acceptors (Lipinski definition) is 3. The highest BCUT2D eigenvalue weighted by Crippen LogP contribution is 2.24. The molecule has 0 saturated carbocycles. The molecule has 0 spiro atoms. The van der Waals surface area contributed by atoms with Crippen LogP contribution in [0, 0.1) is 24.5 Å². The Morgan fingerprint density at radius 1 is 1.17 bits per heavy atom. The van der Waals surface area contributed by atoms with E-state index >= 15 is 0 Å². The summed E-state index contributed by atoms with van der Waals surface area (Å²) >= 11 is 1.09. The van der Waals surface area contributed by atoms with Gasteiger partial charge in [0.25, 0.3) is 5.91 Å². The van der Waals surface area contributed by atoms with E-state index in [1.165, 1.54) is 0 Å². The zero-order valence-corrected chi connectivity index (χ0v) is 13.6. The summed E-state index contributed by atoms with van der Waals surface area (Å²) in [6.07, 6.45) is 0. The number of anilines is 1. The summed E-state index contributed by atoms with van der Waals surface area (Å²) in [4.78, 5) is 16.5. The van der Waals surface area contributed by atoms with Gasteiger partial charge in [-0.05, 0) is 67.6 Å². The molecule has 2 N–H and O–H groups in total. The van der Waals surface area contributed by atoms with Crippen LogP contribution in [0.3, 0.4) is 0 Å². The molecule has 114 valence electrons. The molecule has 1 heterocycles. The number of H-pyrrole nitrogens is 1. The Balaban J connectivity index is 1.86. The average molecular weight is 321 g/mol. The summed E-state index contributed by atoms with van der Waals surface area (Å²) in [7, 11) is 0. The molecule has 0 radical (unpaired) electrons.